The minimum Gasteiger partial charge on any atom is -0.468 e. The highest BCUT2D eigenvalue weighted by atomic mass is 32.2. The number of furan rings is 1. The number of thioether (sulfide) groups is 1. The van der Waals surface area contributed by atoms with Gasteiger partial charge in [0.15, 0.2) is 0 Å². The van der Waals surface area contributed by atoms with E-state index in [-0.39, 0.29) is 0 Å². The number of carbonyl (C=O) groups excluding carboxylic acids is 1. The predicted molar refractivity (Wildman–Crippen MR) is 60.1 cm³/mol. The molecule has 0 radical (unpaired) electrons. The molecule has 9 heteroatoms. The maximum Gasteiger partial charge on any atom is 0.268 e. The number of carbonyl (C=O) groups is 1. The van der Waals surface area contributed by atoms with Crippen LogP contribution >= 0.6 is 11.8 Å². The summed E-state index contributed by atoms with van der Waals surface area (Å²) in [5.41, 5.74) is 2.44. The summed E-state index contributed by atoms with van der Waals surface area (Å²) in [5.74, 6) is 11.1. The molecule has 0 aliphatic heterocycles. The van der Waals surface area contributed by atoms with E-state index in [2.05, 4.69) is 10.2 Å². The van der Waals surface area contributed by atoms with E-state index in [0.29, 0.717) is 22.2 Å². The first-order chi connectivity index (χ1) is 8.22. The maximum atomic E-state index is 11.4. The van der Waals surface area contributed by atoms with Gasteiger partial charge in [-0.05, 0) is 6.07 Å². The molecule has 2 rings (SSSR count). The summed E-state index contributed by atoms with van der Waals surface area (Å²) >= 11 is 1.30. The monoisotopic (exact) mass is 254 g/mol. The average molecular weight is 254 g/mol. The molecular weight excluding hydrogens is 244 g/mol. The van der Waals surface area contributed by atoms with Crippen LogP contribution < -0.4 is 17.1 Å². The van der Waals surface area contributed by atoms with Crippen LogP contribution in [0.25, 0.3) is 0 Å². The normalized spacial score (nSPS) is 10.4. The van der Waals surface area contributed by atoms with Crippen molar-refractivity contribution in [2.45, 2.75) is 10.9 Å². The van der Waals surface area contributed by atoms with Gasteiger partial charge < -0.3 is 10.3 Å². The lowest BCUT2D eigenvalue weighted by atomic mass is 10.2. The molecule has 2 heterocycles. The zero-order valence-electron chi connectivity index (χ0n) is 8.66. The second kappa shape index (κ2) is 4.89. The molecule has 0 aliphatic carbocycles. The highest BCUT2D eigenvalue weighted by Gasteiger charge is 2.14. The third-order valence-corrected chi connectivity index (χ3v) is 2.95. The van der Waals surface area contributed by atoms with Crippen LogP contribution in [0.3, 0.4) is 0 Å². The van der Waals surface area contributed by atoms with E-state index in [4.69, 9.17) is 16.1 Å². The van der Waals surface area contributed by atoms with Gasteiger partial charge >= 0.3 is 0 Å². The van der Waals surface area contributed by atoms with Crippen LogP contribution in [-0.2, 0) is 5.75 Å². The standard InChI is InChI=1S/C8H10N6O2S/c9-12-7(15)5-1-2-16-6(5)3-17-8-13-11-4-14(8)10/h1-2,4H,3,9-10H2,(H,12,15). The summed E-state index contributed by atoms with van der Waals surface area (Å²) in [5, 5.41) is 7.95. The number of nitrogens with zero attached hydrogens (tertiary/aromatic N) is 3. The van der Waals surface area contributed by atoms with Crippen LogP contribution in [0.1, 0.15) is 16.1 Å². The van der Waals surface area contributed by atoms with Gasteiger partial charge in [0.2, 0.25) is 5.16 Å². The number of hydrazine groups is 1. The van der Waals surface area contributed by atoms with Crippen LogP contribution in [0.15, 0.2) is 28.2 Å². The molecule has 2 aromatic rings. The first-order valence-electron chi connectivity index (χ1n) is 4.57. The lowest BCUT2D eigenvalue weighted by Crippen LogP contribution is -2.30. The zero-order valence-corrected chi connectivity index (χ0v) is 9.48. The Balaban J connectivity index is 2.07. The molecule has 17 heavy (non-hydrogen) atoms. The first-order valence-corrected chi connectivity index (χ1v) is 5.56. The molecule has 0 saturated carbocycles. The van der Waals surface area contributed by atoms with Crippen LogP contribution in [0, 0.1) is 0 Å². The number of hydrogen-bond donors (Lipinski definition) is 3. The fraction of sp³-hybridized carbons (Fsp3) is 0.125. The number of nitrogen functional groups attached to an aromatic ring is 2. The molecule has 90 valence electrons. The van der Waals surface area contributed by atoms with Crippen molar-refractivity contribution in [2.24, 2.45) is 5.84 Å². The van der Waals surface area contributed by atoms with Gasteiger partial charge in [-0.2, -0.15) is 0 Å². The SMILES string of the molecule is NNC(=O)c1ccoc1CSc1nncn1N. The van der Waals surface area contributed by atoms with E-state index < -0.39 is 5.91 Å². The van der Waals surface area contributed by atoms with Gasteiger partial charge in [-0.25, -0.2) is 10.5 Å². The molecule has 1 amide bonds. The summed E-state index contributed by atoms with van der Waals surface area (Å²) in [6.45, 7) is 0. The second-order valence-corrected chi connectivity index (χ2v) is 3.98. The van der Waals surface area contributed by atoms with Gasteiger partial charge in [-0.3, -0.25) is 10.2 Å². The van der Waals surface area contributed by atoms with Crippen LogP contribution in [0.2, 0.25) is 0 Å². The molecule has 0 fully saturated rings. The Morgan fingerprint density at radius 2 is 2.47 bits per heavy atom. The quantitative estimate of drug-likeness (QED) is 0.290. The number of nitrogens with two attached hydrogens (primary N) is 2. The Labute approximate surface area is 100 Å². The fourth-order valence-corrected chi connectivity index (χ4v) is 1.98. The average Bonchev–Trinajstić information content (AvgIpc) is 2.94. The number of amides is 1. The minimum absolute atomic E-state index is 0.392. The summed E-state index contributed by atoms with van der Waals surface area (Å²) in [4.78, 5) is 11.4. The van der Waals surface area contributed by atoms with E-state index in [1.54, 1.807) is 6.07 Å². The lowest BCUT2D eigenvalue weighted by Gasteiger charge is -2.01. The van der Waals surface area contributed by atoms with E-state index in [0.717, 1.165) is 0 Å². The summed E-state index contributed by atoms with van der Waals surface area (Å²) in [6.07, 6.45) is 2.81. The van der Waals surface area contributed by atoms with Crippen molar-refractivity contribution in [3.8, 4) is 0 Å². The molecule has 0 atom stereocenters. The Bertz CT molecular complexity index is 522. The van der Waals surface area contributed by atoms with E-state index in [1.165, 1.54) is 29.0 Å². The van der Waals surface area contributed by atoms with Gasteiger partial charge in [0, 0.05) is 0 Å². The van der Waals surface area contributed by atoms with Crippen LogP contribution in [0.4, 0.5) is 0 Å². The molecule has 0 aromatic carbocycles. The topological polar surface area (TPSA) is 125 Å². The number of hydrogen-bond acceptors (Lipinski definition) is 7. The largest absolute Gasteiger partial charge is 0.468 e. The molecular formula is C8H10N6O2S. The van der Waals surface area contributed by atoms with E-state index >= 15 is 0 Å². The molecule has 5 N–H and O–H groups in total. The van der Waals surface area contributed by atoms with Crippen molar-refractivity contribution in [1.29, 1.82) is 0 Å². The molecule has 0 saturated heterocycles. The molecule has 8 nitrogen and oxygen atoms in total. The van der Waals surface area contributed by atoms with Gasteiger partial charge in [-0.1, -0.05) is 11.8 Å². The molecule has 2 aromatic heterocycles. The zero-order chi connectivity index (χ0) is 12.3. The van der Waals surface area contributed by atoms with E-state index in [1.807, 2.05) is 5.43 Å². The number of nitrogens with one attached hydrogen (secondary N) is 1. The third kappa shape index (κ3) is 2.40. The second-order valence-electron chi connectivity index (χ2n) is 3.04. The minimum atomic E-state index is -0.399. The Morgan fingerprint density at radius 3 is 3.12 bits per heavy atom. The highest BCUT2D eigenvalue weighted by molar-refractivity contribution is 7.98. The van der Waals surface area contributed by atoms with Crippen LogP contribution in [0.5, 0.6) is 0 Å². The van der Waals surface area contributed by atoms with E-state index in [9.17, 15) is 4.79 Å². The molecule has 0 unspecified atom stereocenters. The third-order valence-electron chi connectivity index (χ3n) is 1.99. The van der Waals surface area contributed by atoms with Gasteiger partial charge in [0.1, 0.15) is 12.1 Å². The fourth-order valence-electron chi connectivity index (χ4n) is 1.20. The smallest absolute Gasteiger partial charge is 0.268 e. The lowest BCUT2D eigenvalue weighted by molar-refractivity contribution is 0.0952. The molecule has 0 aliphatic rings. The summed E-state index contributed by atoms with van der Waals surface area (Å²) < 4.78 is 6.48. The number of aromatic nitrogens is 3. The predicted octanol–water partition coefficient (Wildman–Crippen LogP) is -0.519. The highest BCUT2D eigenvalue weighted by Crippen LogP contribution is 2.22. The van der Waals surface area contributed by atoms with Crippen molar-refractivity contribution in [1.82, 2.24) is 20.3 Å². The van der Waals surface area contributed by atoms with Gasteiger partial charge in [0.05, 0.1) is 17.6 Å². The van der Waals surface area contributed by atoms with Crippen molar-refractivity contribution in [3.05, 3.63) is 30.0 Å². The Morgan fingerprint density at radius 1 is 1.65 bits per heavy atom. The van der Waals surface area contributed by atoms with Crippen molar-refractivity contribution >= 4 is 17.7 Å². The summed E-state index contributed by atoms with van der Waals surface area (Å²) in [7, 11) is 0. The van der Waals surface area contributed by atoms with Crippen molar-refractivity contribution < 1.29 is 9.21 Å². The van der Waals surface area contributed by atoms with Crippen molar-refractivity contribution in [2.75, 3.05) is 5.84 Å². The first kappa shape index (κ1) is 11.5. The number of rotatable bonds is 4. The molecule has 0 bridgehead atoms. The van der Waals surface area contributed by atoms with Gasteiger partial charge in [-0.15, -0.1) is 10.2 Å². The van der Waals surface area contributed by atoms with Crippen molar-refractivity contribution in [3.63, 3.8) is 0 Å². The van der Waals surface area contributed by atoms with Gasteiger partial charge in [0.25, 0.3) is 5.91 Å². The Kier molecular flexibility index (Phi) is 3.30. The Hall–Kier alpha value is -2.00. The molecule has 0 spiro atoms. The van der Waals surface area contributed by atoms with Crippen LogP contribution in [-0.4, -0.2) is 20.8 Å². The summed E-state index contributed by atoms with van der Waals surface area (Å²) in [6, 6.07) is 1.55. The maximum absolute atomic E-state index is 11.4.